The van der Waals surface area contributed by atoms with Gasteiger partial charge in [-0.1, -0.05) is 30.3 Å². The lowest BCUT2D eigenvalue weighted by Gasteiger charge is -2.22. The molecule has 3 heteroatoms. The van der Waals surface area contributed by atoms with Gasteiger partial charge in [-0.3, -0.25) is 4.79 Å². The van der Waals surface area contributed by atoms with Crippen molar-refractivity contribution in [1.29, 1.82) is 0 Å². The quantitative estimate of drug-likeness (QED) is 0.735. The smallest absolute Gasteiger partial charge is 0.165 e. The Kier molecular flexibility index (Phi) is 4.71. The van der Waals surface area contributed by atoms with Crippen LogP contribution in [0.4, 0.5) is 0 Å². The first-order chi connectivity index (χ1) is 8.36. The van der Waals surface area contributed by atoms with E-state index in [0.29, 0.717) is 13.0 Å². The molecule has 1 aromatic rings. The van der Waals surface area contributed by atoms with E-state index in [4.69, 9.17) is 9.47 Å². The number of ketones is 1. The van der Waals surface area contributed by atoms with Gasteiger partial charge in [0.1, 0.15) is 0 Å². The molecule has 1 atom stereocenters. The van der Waals surface area contributed by atoms with Crippen LogP contribution in [0.15, 0.2) is 30.3 Å². The van der Waals surface area contributed by atoms with Crippen molar-refractivity contribution in [1.82, 2.24) is 0 Å². The molecule has 0 radical (unpaired) electrons. The van der Waals surface area contributed by atoms with Crippen LogP contribution >= 0.6 is 0 Å². The van der Waals surface area contributed by atoms with Crippen LogP contribution in [-0.4, -0.2) is 25.3 Å². The number of ether oxygens (including phenoxy) is 2. The third kappa shape index (κ3) is 3.95. The van der Waals surface area contributed by atoms with Gasteiger partial charge >= 0.3 is 0 Å². The van der Waals surface area contributed by atoms with Crippen molar-refractivity contribution in [2.45, 2.75) is 32.0 Å². The first-order valence-electron chi connectivity index (χ1n) is 6.18. The summed E-state index contributed by atoms with van der Waals surface area (Å²) in [6, 6.07) is 9.32. The standard InChI is InChI=1S/C14H18O3/c15-13(12-6-2-1-3-7-12)9-11-17-14-8-4-5-10-16-14/h1-3,6-7,14H,4-5,8-11H2/t14-/m0/s1. The van der Waals surface area contributed by atoms with E-state index in [0.717, 1.165) is 31.4 Å². The van der Waals surface area contributed by atoms with Gasteiger partial charge < -0.3 is 9.47 Å². The second-order valence-electron chi connectivity index (χ2n) is 4.21. The largest absolute Gasteiger partial charge is 0.353 e. The minimum Gasteiger partial charge on any atom is -0.353 e. The summed E-state index contributed by atoms with van der Waals surface area (Å²) in [5, 5.41) is 0. The molecule has 3 nitrogen and oxygen atoms in total. The zero-order chi connectivity index (χ0) is 11.9. The molecule has 1 saturated heterocycles. The summed E-state index contributed by atoms with van der Waals surface area (Å²) in [4.78, 5) is 11.8. The fraction of sp³-hybridized carbons (Fsp3) is 0.500. The zero-order valence-corrected chi connectivity index (χ0v) is 9.93. The molecule has 17 heavy (non-hydrogen) atoms. The molecule has 0 saturated carbocycles. The van der Waals surface area contributed by atoms with Crippen LogP contribution in [-0.2, 0) is 9.47 Å². The monoisotopic (exact) mass is 234 g/mol. The van der Waals surface area contributed by atoms with Gasteiger partial charge in [-0.05, 0) is 19.3 Å². The Hall–Kier alpha value is -1.19. The van der Waals surface area contributed by atoms with E-state index in [1.165, 1.54) is 0 Å². The van der Waals surface area contributed by atoms with Crippen molar-refractivity contribution in [3.63, 3.8) is 0 Å². The van der Waals surface area contributed by atoms with Crippen molar-refractivity contribution in [3.05, 3.63) is 35.9 Å². The van der Waals surface area contributed by atoms with Gasteiger partial charge in [0.05, 0.1) is 6.61 Å². The van der Waals surface area contributed by atoms with Crippen molar-refractivity contribution in [3.8, 4) is 0 Å². The lowest BCUT2D eigenvalue weighted by Crippen LogP contribution is -2.23. The van der Waals surface area contributed by atoms with Crippen LogP contribution in [0.1, 0.15) is 36.0 Å². The van der Waals surface area contributed by atoms with Gasteiger partial charge in [0, 0.05) is 18.6 Å². The number of rotatable bonds is 5. The normalized spacial score (nSPS) is 20.1. The van der Waals surface area contributed by atoms with Gasteiger partial charge in [-0.15, -0.1) is 0 Å². The Bertz CT molecular complexity index is 342. The minimum atomic E-state index is -0.104. The maximum atomic E-state index is 11.8. The van der Waals surface area contributed by atoms with E-state index >= 15 is 0 Å². The van der Waals surface area contributed by atoms with Gasteiger partial charge in [-0.2, -0.15) is 0 Å². The molecule has 1 heterocycles. The van der Waals surface area contributed by atoms with E-state index in [1.54, 1.807) is 0 Å². The molecule has 0 aromatic heterocycles. The first kappa shape index (κ1) is 12.3. The molecular formula is C14H18O3. The highest BCUT2D eigenvalue weighted by molar-refractivity contribution is 5.96. The van der Waals surface area contributed by atoms with Crippen LogP contribution in [0, 0.1) is 0 Å². The van der Waals surface area contributed by atoms with E-state index in [-0.39, 0.29) is 12.1 Å². The predicted molar refractivity (Wildman–Crippen MR) is 64.9 cm³/mol. The fourth-order valence-corrected chi connectivity index (χ4v) is 1.89. The molecule has 0 spiro atoms. The molecule has 0 N–H and O–H groups in total. The summed E-state index contributed by atoms with van der Waals surface area (Å²) in [6.07, 6.45) is 3.52. The Morgan fingerprint density at radius 3 is 2.82 bits per heavy atom. The van der Waals surface area contributed by atoms with Gasteiger partial charge in [-0.25, -0.2) is 0 Å². The maximum absolute atomic E-state index is 11.8. The summed E-state index contributed by atoms with van der Waals surface area (Å²) >= 11 is 0. The number of carbonyl (C=O) groups is 1. The van der Waals surface area contributed by atoms with E-state index in [1.807, 2.05) is 30.3 Å². The molecule has 1 aliphatic rings. The van der Waals surface area contributed by atoms with Gasteiger partial charge in [0.25, 0.3) is 0 Å². The molecule has 1 aromatic carbocycles. The third-order valence-electron chi connectivity index (χ3n) is 2.87. The van der Waals surface area contributed by atoms with Crippen molar-refractivity contribution in [2.75, 3.05) is 13.2 Å². The predicted octanol–water partition coefficient (Wildman–Crippen LogP) is 2.80. The van der Waals surface area contributed by atoms with Crippen LogP contribution in [0.2, 0.25) is 0 Å². The first-order valence-corrected chi connectivity index (χ1v) is 6.18. The van der Waals surface area contributed by atoms with Crippen LogP contribution in [0.25, 0.3) is 0 Å². The maximum Gasteiger partial charge on any atom is 0.165 e. The van der Waals surface area contributed by atoms with Crippen molar-refractivity contribution < 1.29 is 14.3 Å². The second-order valence-corrected chi connectivity index (χ2v) is 4.21. The summed E-state index contributed by atoms with van der Waals surface area (Å²) in [5.41, 5.74) is 0.751. The Balaban J connectivity index is 1.69. The average molecular weight is 234 g/mol. The van der Waals surface area contributed by atoms with Gasteiger partial charge in [0.2, 0.25) is 0 Å². The molecule has 0 unspecified atom stereocenters. The Morgan fingerprint density at radius 1 is 1.29 bits per heavy atom. The lowest BCUT2D eigenvalue weighted by atomic mass is 10.1. The van der Waals surface area contributed by atoms with Gasteiger partial charge in [0.15, 0.2) is 12.1 Å². The van der Waals surface area contributed by atoms with E-state index in [2.05, 4.69) is 0 Å². The Morgan fingerprint density at radius 2 is 2.12 bits per heavy atom. The highest BCUT2D eigenvalue weighted by atomic mass is 16.7. The highest BCUT2D eigenvalue weighted by Gasteiger charge is 2.14. The molecule has 2 rings (SSSR count). The third-order valence-corrected chi connectivity index (χ3v) is 2.87. The molecule has 92 valence electrons. The topological polar surface area (TPSA) is 35.5 Å². The molecule has 0 aliphatic carbocycles. The minimum absolute atomic E-state index is 0.104. The molecular weight excluding hydrogens is 216 g/mol. The van der Waals surface area contributed by atoms with Crippen LogP contribution < -0.4 is 0 Å². The summed E-state index contributed by atoms with van der Waals surface area (Å²) in [5.74, 6) is 0.126. The summed E-state index contributed by atoms with van der Waals surface area (Å²) < 4.78 is 11.0. The molecule has 0 bridgehead atoms. The lowest BCUT2D eigenvalue weighted by molar-refractivity contribution is -0.161. The van der Waals surface area contributed by atoms with Crippen molar-refractivity contribution in [2.24, 2.45) is 0 Å². The molecule has 0 amide bonds. The van der Waals surface area contributed by atoms with E-state index < -0.39 is 0 Å². The molecule has 1 aliphatic heterocycles. The zero-order valence-electron chi connectivity index (χ0n) is 9.93. The second kappa shape index (κ2) is 6.52. The average Bonchev–Trinajstić information content (AvgIpc) is 2.41. The van der Waals surface area contributed by atoms with Crippen LogP contribution in [0.3, 0.4) is 0 Å². The number of carbonyl (C=O) groups excluding carboxylic acids is 1. The highest BCUT2D eigenvalue weighted by Crippen LogP contribution is 2.14. The van der Waals surface area contributed by atoms with Crippen molar-refractivity contribution >= 4 is 5.78 Å². The van der Waals surface area contributed by atoms with E-state index in [9.17, 15) is 4.79 Å². The SMILES string of the molecule is O=C(CCO[C@H]1CCCCO1)c1ccccc1. The summed E-state index contributed by atoms with van der Waals surface area (Å²) in [6.45, 7) is 1.22. The fourth-order valence-electron chi connectivity index (χ4n) is 1.89. The molecule has 1 fully saturated rings. The number of hydrogen-bond acceptors (Lipinski definition) is 3. The number of Topliss-reactive ketones (excluding diaryl/α,β-unsaturated/α-hetero) is 1. The summed E-state index contributed by atoms with van der Waals surface area (Å²) in [7, 11) is 0. The van der Waals surface area contributed by atoms with Crippen LogP contribution in [0.5, 0.6) is 0 Å². The number of hydrogen-bond donors (Lipinski definition) is 0. The number of benzene rings is 1. The Labute approximate surface area is 102 Å².